The summed E-state index contributed by atoms with van der Waals surface area (Å²) in [4.78, 5) is 14.4. The number of ether oxygens (including phenoxy) is 1. The molecule has 1 aromatic heterocycles. The third kappa shape index (κ3) is 2.21. The second-order valence-corrected chi connectivity index (χ2v) is 3.58. The van der Waals surface area contributed by atoms with Gasteiger partial charge in [0.15, 0.2) is 0 Å². The Bertz CT molecular complexity index is 569. The summed E-state index contributed by atoms with van der Waals surface area (Å²) in [5, 5.41) is 9.73. The first-order chi connectivity index (χ1) is 8.26. The molecule has 0 aliphatic rings. The molecule has 0 saturated heterocycles. The standard InChI is InChI=1S/C13H13NO3/c1-17-13(16)9-4-5-11-10(3-2-6-15)8-14-12(11)7-9/h2-5,7-8,14-15H,6H2,1H3. The minimum absolute atomic E-state index is 0.00686. The zero-order chi connectivity index (χ0) is 12.3. The van der Waals surface area contributed by atoms with Gasteiger partial charge in [0.05, 0.1) is 19.3 Å². The summed E-state index contributed by atoms with van der Waals surface area (Å²) in [5.74, 6) is -0.353. The van der Waals surface area contributed by atoms with Crippen molar-refractivity contribution < 1.29 is 14.6 Å². The Hall–Kier alpha value is -2.07. The van der Waals surface area contributed by atoms with Gasteiger partial charge in [-0.3, -0.25) is 0 Å². The molecule has 0 fully saturated rings. The van der Waals surface area contributed by atoms with E-state index in [0.717, 1.165) is 16.5 Å². The lowest BCUT2D eigenvalue weighted by Crippen LogP contribution is -2.00. The molecule has 88 valence electrons. The van der Waals surface area contributed by atoms with Gasteiger partial charge in [0, 0.05) is 17.1 Å². The molecule has 0 aliphatic carbocycles. The molecule has 2 rings (SSSR count). The number of rotatable bonds is 3. The number of aromatic amines is 1. The van der Waals surface area contributed by atoms with Gasteiger partial charge in [-0.25, -0.2) is 4.79 Å². The van der Waals surface area contributed by atoms with Gasteiger partial charge in [-0.05, 0) is 17.7 Å². The van der Waals surface area contributed by atoms with Gasteiger partial charge >= 0.3 is 5.97 Å². The SMILES string of the molecule is COC(=O)c1ccc2c(C=CCO)c[nH]c2c1. The molecule has 1 heterocycles. The lowest BCUT2D eigenvalue weighted by atomic mass is 10.1. The third-order valence-corrected chi connectivity index (χ3v) is 2.54. The molecule has 0 saturated carbocycles. The summed E-state index contributed by atoms with van der Waals surface area (Å²) in [6.45, 7) is 0.00686. The zero-order valence-electron chi connectivity index (χ0n) is 9.43. The van der Waals surface area contributed by atoms with Crippen LogP contribution in [0.3, 0.4) is 0 Å². The quantitative estimate of drug-likeness (QED) is 0.794. The Labute approximate surface area is 98.5 Å². The monoisotopic (exact) mass is 231 g/mol. The number of H-pyrrole nitrogens is 1. The fraction of sp³-hybridized carbons (Fsp3) is 0.154. The van der Waals surface area contributed by atoms with Crippen molar-refractivity contribution in [1.82, 2.24) is 4.98 Å². The highest BCUT2D eigenvalue weighted by atomic mass is 16.5. The number of hydrogen-bond donors (Lipinski definition) is 2. The Kier molecular flexibility index (Phi) is 3.25. The van der Waals surface area contributed by atoms with Gasteiger partial charge < -0.3 is 14.8 Å². The van der Waals surface area contributed by atoms with Crippen LogP contribution in [-0.2, 0) is 4.74 Å². The van der Waals surface area contributed by atoms with Crippen molar-refractivity contribution >= 4 is 22.9 Å². The Balaban J connectivity index is 2.44. The van der Waals surface area contributed by atoms with Crippen molar-refractivity contribution in [3.05, 3.63) is 41.6 Å². The summed E-state index contributed by atoms with van der Waals surface area (Å²) in [7, 11) is 1.36. The molecule has 0 radical (unpaired) electrons. The van der Waals surface area contributed by atoms with Crippen LogP contribution < -0.4 is 0 Å². The lowest BCUT2D eigenvalue weighted by Gasteiger charge is -1.99. The van der Waals surface area contributed by atoms with Gasteiger partial charge in [0.1, 0.15) is 0 Å². The largest absolute Gasteiger partial charge is 0.465 e. The van der Waals surface area contributed by atoms with Gasteiger partial charge in [-0.2, -0.15) is 0 Å². The van der Waals surface area contributed by atoms with Crippen molar-refractivity contribution in [2.45, 2.75) is 0 Å². The number of aliphatic hydroxyl groups is 1. The molecule has 1 aromatic carbocycles. The van der Waals surface area contributed by atoms with Gasteiger partial charge in [-0.15, -0.1) is 0 Å². The van der Waals surface area contributed by atoms with Crippen molar-refractivity contribution in [1.29, 1.82) is 0 Å². The van der Waals surface area contributed by atoms with E-state index < -0.39 is 0 Å². The molecule has 17 heavy (non-hydrogen) atoms. The Morgan fingerprint density at radius 2 is 2.35 bits per heavy atom. The highest BCUT2D eigenvalue weighted by Crippen LogP contribution is 2.21. The van der Waals surface area contributed by atoms with Crippen LogP contribution in [0.2, 0.25) is 0 Å². The van der Waals surface area contributed by atoms with Crippen molar-refractivity contribution in [3.8, 4) is 0 Å². The van der Waals surface area contributed by atoms with E-state index in [1.807, 2.05) is 18.3 Å². The first kappa shape index (κ1) is 11.4. The van der Waals surface area contributed by atoms with Crippen LogP contribution in [0.5, 0.6) is 0 Å². The number of methoxy groups -OCH3 is 1. The molecule has 0 bridgehead atoms. The zero-order valence-corrected chi connectivity index (χ0v) is 9.43. The average Bonchev–Trinajstić information content (AvgIpc) is 2.77. The maximum atomic E-state index is 11.4. The lowest BCUT2D eigenvalue weighted by molar-refractivity contribution is 0.0601. The number of hydrogen-bond acceptors (Lipinski definition) is 3. The van der Waals surface area contributed by atoms with E-state index in [1.54, 1.807) is 18.2 Å². The van der Waals surface area contributed by atoms with Crippen molar-refractivity contribution in [2.75, 3.05) is 13.7 Å². The molecular formula is C13H13NO3. The number of aromatic nitrogens is 1. The van der Waals surface area contributed by atoms with Crippen LogP contribution in [0.15, 0.2) is 30.5 Å². The second kappa shape index (κ2) is 4.84. The highest BCUT2D eigenvalue weighted by Gasteiger charge is 2.07. The molecule has 0 unspecified atom stereocenters. The van der Waals surface area contributed by atoms with Crippen LogP contribution in [0.4, 0.5) is 0 Å². The number of nitrogens with one attached hydrogen (secondary N) is 1. The molecule has 0 spiro atoms. The highest BCUT2D eigenvalue weighted by molar-refractivity contribution is 5.96. The molecule has 2 N–H and O–H groups in total. The van der Waals surface area contributed by atoms with E-state index in [0.29, 0.717) is 5.56 Å². The fourth-order valence-corrected chi connectivity index (χ4v) is 1.71. The van der Waals surface area contributed by atoms with E-state index in [9.17, 15) is 4.79 Å². The summed E-state index contributed by atoms with van der Waals surface area (Å²) < 4.78 is 4.66. The Morgan fingerprint density at radius 1 is 1.53 bits per heavy atom. The van der Waals surface area contributed by atoms with Gasteiger partial charge in [-0.1, -0.05) is 18.2 Å². The van der Waals surface area contributed by atoms with Crippen LogP contribution in [-0.4, -0.2) is 29.8 Å². The van der Waals surface area contributed by atoms with Crippen molar-refractivity contribution in [2.24, 2.45) is 0 Å². The molecule has 0 amide bonds. The van der Waals surface area contributed by atoms with Gasteiger partial charge in [0.2, 0.25) is 0 Å². The molecule has 0 aliphatic heterocycles. The summed E-state index contributed by atoms with van der Waals surface area (Å²) in [5.41, 5.74) is 2.36. The molecule has 2 aromatic rings. The minimum Gasteiger partial charge on any atom is -0.465 e. The summed E-state index contributed by atoms with van der Waals surface area (Å²) in [6.07, 6.45) is 5.32. The van der Waals surface area contributed by atoms with Crippen LogP contribution in [0.1, 0.15) is 15.9 Å². The van der Waals surface area contributed by atoms with E-state index >= 15 is 0 Å². The maximum absolute atomic E-state index is 11.4. The van der Waals surface area contributed by atoms with E-state index in [4.69, 9.17) is 5.11 Å². The number of carbonyl (C=O) groups excluding carboxylic acids is 1. The number of carbonyl (C=O) groups is 1. The first-order valence-electron chi connectivity index (χ1n) is 5.23. The Morgan fingerprint density at radius 3 is 3.06 bits per heavy atom. The third-order valence-electron chi connectivity index (χ3n) is 2.54. The molecular weight excluding hydrogens is 218 g/mol. The van der Waals surface area contributed by atoms with E-state index in [1.165, 1.54) is 7.11 Å². The number of esters is 1. The van der Waals surface area contributed by atoms with E-state index in [2.05, 4.69) is 9.72 Å². The minimum atomic E-state index is -0.353. The smallest absolute Gasteiger partial charge is 0.337 e. The summed E-state index contributed by atoms with van der Waals surface area (Å²) in [6, 6.07) is 5.32. The summed E-state index contributed by atoms with van der Waals surface area (Å²) >= 11 is 0. The van der Waals surface area contributed by atoms with Crippen LogP contribution in [0, 0.1) is 0 Å². The molecule has 0 atom stereocenters. The topological polar surface area (TPSA) is 62.3 Å². The normalized spacial score (nSPS) is 11.2. The van der Waals surface area contributed by atoms with E-state index in [-0.39, 0.29) is 12.6 Å². The van der Waals surface area contributed by atoms with Gasteiger partial charge in [0.25, 0.3) is 0 Å². The predicted octanol–water partition coefficient (Wildman–Crippen LogP) is 1.96. The number of aliphatic hydroxyl groups excluding tert-OH is 1. The fourth-order valence-electron chi connectivity index (χ4n) is 1.71. The average molecular weight is 231 g/mol. The first-order valence-corrected chi connectivity index (χ1v) is 5.23. The molecule has 4 nitrogen and oxygen atoms in total. The molecule has 4 heteroatoms. The van der Waals surface area contributed by atoms with Crippen LogP contribution in [0.25, 0.3) is 17.0 Å². The number of benzene rings is 1. The second-order valence-electron chi connectivity index (χ2n) is 3.58. The van der Waals surface area contributed by atoms with Crippen LogP contribution >= 0.6 is 0 Å². The maximum Gasteiger partial charge on any atom is 0.337 e. The number of fused-ring (bicyclic) bond motifs is 1. The predicted molar refractivity (Wildman–Crippen MR) is 65.8 cm³/mol. The van der Waals surface area contributed by atoms with Crippen molar-refractivity contribution in [3.63, 3.8) is 0 Å².